The molecule has 0 aliphatic carbocycles. The minimum Gasteiger partial charge on any atom is -0.319 e. The number of hydrogen-bond acceptors (Lipinski definition) is 2. The number of amides is 2. The molecule has 3 aromatic carbocycles. The van der Waals surface area contributed by atoms with Crippen molar-refractivity contribution in [1.82, 2.24) is 0 Å². The third-order valence-electron chi connectivity index (χ3n) is 3.89. The number of hydrogen-bond donors (Lipinski definition) is 2. The minimum absolute atomic E-state index is 0.138. The van der Waals surface area contributed by atoms with Gasteiger partial charge in [0.1, 0.15) is 23.0 Å². The van der Waals surface area contributed by atoms with E-state index >= 15 is 0 Å². The summed E-state index contributed by atoms with van der Waals surface area (Å²) in [6.45, 7) is 0. The Balaban J connectivity index is 1.95. The Bertz CT molecular complexity index is 1040. The summed E-state index contributed by atoms with van der Waals surface area (Å²) in [6, 6.07) is 16.0. The molecule has 0 atom stereocenters. The van der Waals surface area contributed by atoms with Crippen LogP contribution in [0.4, 0.5) is 24.5 Å². The third-order valence-corrected chi connectivity index (χ3v) is 3.89. The molecule has 3 rings (SSSR count). The molecule has 0 bridgehead atoms. The van der Waals surface area contributed by atoms with Crippen molar-refractivity contribution in [3.63, 3.8) is 0 Å². The van der Waals surface area contributed by atoms with Crippen LogP contribution in [0.25, 0.3) is 6.08 Å². The molecule has 0 heterocycles. The Morgan fingerprint density at radius 2 is 1.21 bits per heavy atom. The second kappa shape index (κ2) is 8.88. The van der Waals surface area contributed by atoms with Crippen LogP contribution in [0.15, 0.2) is 78.4 Å². The Morgan fingerprint density at radius 3 is 1.69 bits per heavy atom. The fourth-order valence-corrected chi connectivity index (χ4v) is 2.50. The van der Waals surface area contributed by atoms with E-state index < -0.39 is 34.8 Å². The van der Waals surface area contributed by atoms with Crippen molar-refractivity contribution in [3.05, 3.63) is 101 Å². The van der Waals surface area contributed by atoms with E-state index in [1.165, 1.54) is 54.6 Å². The SMILES string of the molecule is O=C(Nc1ccccc1F)C(=Cc1cccc(F)c1)C(=O)Nc1ccccc1F. The van der Waals surface area contributed by atoms with Gasteiger partial charge in [-0.15, -0.1) is 0 Å². The summed E-state index contributed by atoms with van der Waals surface area (Å²) >= 11 is 0. The van der Waals surface area contributed by atoms with Crippen molar-refractivity contribution < 1.29 is 22.8 Å². The smallest absolute Gasteiger partial charge is 0.261 e. The number of anilines is 2. The first kappa shape index (κ1) is 19.9. The van der Waals surface area contributed by atoms with Gasteiger partial charge in [-0.1, -0.05) is 36.4 Å². The summed E-state index contributed by atoms with van der Waals surface area (Å²) in [5.74, 6) is -3.83. The van der Waals surface area contributed by atoms with Gasteiger partial charge in [0.25, 0.3) is 11.8 Å². The van der Waals surface area contributed by atoms with E-state index in [0.717, 1.165) is 24.3 Å². The van der Waals surface area contributed by atoms with Gasteiger partial charge in [0.15, 0.2) is 0 Å². The van der Waals surface area contributed by atoms with Crippen molar-refractivity contribution in [2.24, 2.45) is 0 Å². The largest absolute Gasteiger partial charge is 0.319 e. The number of carbonyl (C=O) groups excluding carboxylic acids is 2. The number of benzene rings is 3. The molecular formula is C22H15F3N2O2. The van der Waals surface area contributed by atoms with Gasteiger partial charge in [0.2, 0.25) is 0 Å². The van der Waals surface area contributed by atoms with Crippen LogP contribution in [-0.2, 0) is 9.59 Å². The lowest BCUT2D eigenvalue weighted by molar-refractivity contribution is -0.118. The van der Waals surface area contributed by atoms with E-state index in [0.29, 0.717) is 0 Å². The Morgan fingerprint density at radius 1 is 0.690 bits per heavy atom. The molecule has 0 spiro atoms. The summed E-state index contributed by atoms with van der Waals surface area (Å²) in [6.07, 6.45) is 1.13. The van der Waals surface area contributed by atoms with Crippen LogP contribution in [0.2, 0.25) is 0 Å². The molecule has 2 N–H and O–H groups in total. The second-order valence-corrected chi connectivity index (χ2v) is 5.98. The van der Waals surface area contributed by atoms with Gasteiger partial charge in [-0.05, 0) is 48.0 Å². The summed E-state index contributed by atoms with van der Waals surface area (Å²) in [7, 11) is 0. The lowest BCUT2D eigenvalue weighted by atomic mass is 10.1. The van der Waals surface area contributed by atoms with Gasteiger partial charge in [-0.3, -0.25) is 9.59 Å². The molecule has 2 amide bonds. The van der Waals surface area contributed by atoms with E-state index in [2.05, 4.69) is 10.6 Å². The molecule has 29 heavy (non-hydrogen) atoms. The molecule has 0 saturated carbocycles. The first-order valence-electron chi connectivity index (χ1n) is 8.53. The van der Waals surface area contributed by atoms with E-state index in [1.54, 1.807) is 0 Å². The summed E-state index contributed by atoms with van der Waals surface area (Å²) < 4.78 is 41.2. The fourth-order valence-electron chi connectivity index (χ4n) is 2.50. The lowest BCUT2D eigenvalue weighted by Crippen LogP contribution is -2.26. The summed E-state index contributed by atoms with van der Waals surface area (Å²) in [4.78, 5) is 25.4. The highest BCUT2D eigenvalue weighted by molar-refractivity contribution is 6.28. The molecular weight excluding hydrogens is 381 g/mol. The van der Waals surface area contributed by atoms with Crippen LogP contribution in [0.5, 0.6) is 0 Å². The average Bonchev–Trinajstić information content (AvgIpc) is 2.69. The highest BCUT2D eigenvalue weighted by Gasteiger charge is 2.21. The van der Waals surface area contributed by atoms with Crippen LogP contribution < -0.4 is 10.6 Å². The number of halogens is 3. The van der Waals surface area contributed by atoms with Crippen LogP contribution >= 0.6 is 0 Å². The van der Waals surface area contributed by atoms with Crippen LogP contribution in [-0.4, -0.2) is 11.8 Å². The van der Waals surface area contributed by atoms with E-state index in [1.807, 2.05) is 0 Å². The van der Waals surface area contributed by atoms with Gasteiger partial charge in [0, 0.05) is 0 Å². The minimum atomic E-state index is -0.937. The number of rotatable bonds is 5. The fraction of sp³-hybridized carbons (Fsp3) is 0. The molecule has 0 aromatic heterocycles. The Labute approximate surface area is 164 Å². The predicted molar refractivity (Wildman–Crippen MR) is 104 cm³/mol. The van der Waals surface area contributed by atoms with Crippen molar-refractivity contribution in [3.8, 4) is 0 Å². The van der Waals surface area contributed by atoms with Crippen molar-refractivity contribution in [2.45, 2.75) is 0 Å². The molecule has 146 valence electrons. The van der Waals surface area contributed by atoms with Crippen molar-refractivity contribution in [2.75, 3.05) is 10.6 Å². The molecule has 0 fully saturated rings. The van der Waals surface area contributed by atoms with Crippen molar-refractivity contribution in [1.29, 1.82) is 0 Å². The van der Waals surface area contributed by atoms with E-state index in [4.69, 9.17) is 0 Å². The van der Waals surface area contributed by atoms with Crippen LogP contribution in [0.1, 0.15) is 5.56 Å². The quantitative estimate of drug-likeness (QED) is 0.371. The highest BCUT2D eigenvalue weighted by atomic mass is 19.1. The molecule has 7 heteroatoms. The summed E-state index contributed by atoms with van der Waals surface area (Å²) in [5.41, 5.74) is -0.503. The Hall–Kier alpha value is -3.87. The zero-order valence-electron chi connectivity index (χ0n) is 15.0. The molecule has 0 saturated heterocycles. The predicted octanol–water partition coefficient (Wildman–Crippen LogP) is 4.76. The van der Waals surface area contributed by atoms with Crippen LogP contribution in [0, 0.1) is 17.5 Å². The Kier molecular flexibility index (Phi) is 6.09. The average molecular weight is 396 g/mol. The first-order chi connectivity index (χ1) is 13.9. The van der Waals surface area contributed by atoms with Crippen LogP contribution in [0.3, 0.4) is 0 Å². The zero-order chi connectivity index (χ0) is 20.8. The molecule has 0 aliphatic heterocycles. The molecule has 0 aliphatic rings. The van der Waals surface area contributed by atoms with E-state index in [-0.39, 0.29) is 16.9 Å². The maximum atomic E-state index is 13.9. The standard InChI is InChI=1S/C22H15F3N2O2/c23-15-7-5-6-14(12-15)13-16(21(28)26-19-10-3-1-8-17(19)24)22(29)27-20-11-4-2-9-18(20)25/h1-13H,(H,26,28)(H,27,29). The summed E-state index contributed by atoms with van der Waals surface area (Å²) in [5, 5.41) is 4.59. The van der Waals surface area contributed by atoms with Gasteiger partial charge in [0.05, 0.1) is 11.4 Å². The highest BCUT2D eigenvalue weighted by Crippen LogP contribution is 2.18. The topological polar surface area (TPSA) is 58.2 Å². The number of carbonyl (C=O) groups is 2. The maximum Gasteiger partial charge on any atom is 0.261 e. The molecule has 0 radical (unpaired) electrons. The molecule has 4 nitrogen and oxygen atoms in total. The maximum absolute atomic E-state index is 13.9. The molecule has 0 unspecified atom stereocenters. The van der Waals surface area contributed by atoms with Gasteiger partial charge in [-0.2, -0.15) is 0 Å². The molecule has 3 aromatic rings. The van der Waals surface area contributed by atoms with Crippen molar-refractivity contribution >= 4 is 29.3 Å². The lowest BCUT2D eigenvalue weighted by Gasteiger charge is -2.11. The third kappa shape index (κ3) is 5.10. The van der Waals surface area contributed by atoms with Gasteiger partial charge in [-0.25, -0.2) is 13.2 Å². The van der Waals surface area contributed by atoms with E-state index in [9.17, 15) is 22.8 Å². The van der Waals surface area contributed by atoms with Gasteiger partial charge >= 0.3 is 0 Å². The normalized spacial score (nSPS) is 10.2. The first-order valence-corrected chi connectivity index (χ1v) is 8.53. The van der Waals surface area contributed by atoms with Gasteiger partial charge < -0.3 is 10.6 Å². The number of para-hydroxylation sites is 2. The zero-order valence-corrected chi connectivity index (χ0v) is 15.0. The monoisotopic (exact) mass is 396 g/mol. The number of nitrogens with one attached hydrogen (secondary N) is 2. The second-order valence-electron chi connectivity index (χ2n) is 5.98.